The summed E-state index contributed by atoms with van der Waals surface area (Å²) in [5.74, 6) is 0. The second-order valence-corrected chi connectivity index (χ2v) is 16.8. The van der Waals surface area contributed by atoms with E-state index in [0.717, 1.165) is 10.3 Å². The van der Waals surface area contributed by atoms with Crippen LogP contribution in [0.2, 0.25) is 15.5 Å². The molecule has 0 heterocycles. The number of benzene rings is 1. The molecule has 0 atom stereocenters. The van der Waals surface area contributed by atoms with Gasteiger partial charge in [0.05, 0.1) is 0 Å². The monoisotopic (exact) mass is 292 g/mol. The van der Waals surface area contributed by atoms with E-state index in [2.05, 4.69) is 19.9 Å². The molecule has 0 aliphatic carbocycles. The van der Waals surface area contributed by atoms with Crippen molar-refractivity contribution in [3.8, 4) is 0 Å². The van der Waals surface area contributed by atoms with Crippen molar-refractivity contribution < 1.29 is 0 Å². The Labute approximate surface area is 98.2 Å². The molecule has 1 rings (SSSR count). The minimum atomic E-state index is -2.05. The molecule has 0 bridgehead atoms. The van der Waals surface area contributed by atoms with Crippen molar-refractivity contribution in [3.63, 3.8) is 0 Å². The molecule has 0 radical (unpaired) electrons. The van der Waals surface area contributed by atoms with Crippen LogP contribution < -0.4 is 0 Å². The fraction of sp³-hybridized carbons (Fsp3) is 0.455. The fourth-order valence-corrected chi connectivity index (χ4v) is 6.62. The van der Waals surface area contributed by atoms with Crippen molar-refractivity contribution in [1.82, 2.24) is 0 Å². The van der Waals surface area contributed by atoms with Gasteiger partial charge in [-0.05, 0) is 0 Å². The third kappa shape index (κ3) is 3.49. The van der Waals surface area contributed by atoms with Gasteiger partial charge in [0.2, 0.25) is 0 Å². The molecule has 1 aromatic rings. The SMILES string of the molecule is C[CH2][Ge]([Cl])([CH2]C)[CH2]c1cccc(Cl)c1. The Bertz CT molecular complexity index is 295. The second kappa shape index (κ2) is 5.43. The molecule has 0 nitrogen and oxygen atoms in total. The van der Waals surface area contributed by atoms with Crippen LogP contribution in [0.3, 0.4) is 0 Å². The molecular formula is C11H16Cl2Ge. The summed E-state index contributed by atoms with van der Waals surface area (Å²) in [5, 5.41) is 4.24. The van der Waals surface area contributed by atoms with E-state index < -0.39 is 12.3 Å². The first kappa shape index (κ1) is 12.4. The van der Waals surface area contributed by atoms with Crippen molar-refractivity contribution in [2.24, 2.45) is 0 Å². The van der Waals surface area contributed by atoms with Crippen molar-refractivity contribution in [2.75, 3.05) is 0 Å². The van der Waals surface area contributed by atoms with E-state index in [0.29, 0.717) is 0 Å². The van der Waals surface area contributed by atoms with Crippen LogP contribution >= 0.6 is 21.6 Å². The summed E-state index contributed by atoms with van der Waals surface area (Å²) >= 11 is 3.89. The molecule has 0 spiro atoms. The summed E-state index contributed by atoms with van der Waals surface area (Å²) in [7, 11) is 6.64. The van der Waals surface area contributed by atoms with Crippen LogP contribution in [0, 0.1) is 0 Å². The zero-order valence-electron chi connectivity index (χ0n) is 8.69. The van der Waals surface area contributed by atoms with Gasteiger partial charge < -0.3 is 0 Å². The molecule has 0 N–H and O–H groups in total. The van der Waals surface area contributed by atoms with Gasteiger partial charge in [-0.3, -0.25) is 0 Å². The summed E-state index contributed by atoms with van der Waals surface area (Å²) in [6.07, 6.45) is 0. The maximum atomic E-state index is 6.64. The van der Waals surface area contributed by atoms with Crippen LogP contribution in [-0.4, -0.2) is 12.3 Å². The van der Waals surface area contributed by atoms with Gasteiger partial charge in [0.25, 0.3) is 0 Å². The summed E-state index contributed by atoms with van der Waals surface area (Å²) in [6.45, 7) is 4.42. The van der Waals surface area contributed by atoms with Crippen molar-refractivity contribution in [1.29, 1.82) is 0 Å². The van der Waals surface area contributed by atoms with Crippen LogP contribution in [0.4, 0.5) is 0 Å². The number of hydrogen-bond acceptors (Lipinski definition) is 0. The molecule has 78 valence electrons. The van der Waals surface area contributed by atoms with Gasteiger partial charge in [0, 0.05) is 0 Å². The molecule has 0 saturated carbocycles. The van der Waals surface area contributed by atoms with E-state index >= 15 is 0 Å². The molecule has 0 aliphatic rings. The van der Waals surface area contributed by atoms with E-state index in [1.54, 1.807) is 0 Å². The van der Waals surface area contributed by atoms with Gasteiger partial charge in [-0.2, -0.15) is 0 Å². The Morgan fingerprint density at radius 3 is 2.36 bits per heavy atom. The quantitative estimate of drug-likeness (QED) is 0.709. The van der Waals surface area contributed by atoms with Crippen molar-refractivity contribution in [3.05, 3.63) is 34.9 Å². The Morgan fingerprint density at radius 2 is 1.86 bits per heavy atom. The molecule has 0 aliphatic heterocycles. The molecule has 0 saturated heterocycles. The molecule has 0 unspecified atom stereocenters. The van der Waals surface area contributed by atoms with Gasteiger partial charge >= 0.3 is 98.4 Å². The third-order valence-corrected chi connectivity index (χ3v) is 13.9. The predicted octanol–water partition coefficient (Wildman–Crippen LogP) is 4.65. The summed E-state index contributed by atoms with van der Waals surface area (Å²) in [5.41, 5.74) is 1.30. The molecule has 0 fully saturated rings. The molecule has 1 aromatic carbocycles. The van der Waals surface area contributed by atoms with Crippen LogP contribution in [0.5, 0.6) is 0 Å². The molecule has 0 aromatic heterocycles. The maximum absolute atomic E-state index is 6.64. The summed E-state index contributed by atoms with van der Waals surface area (Å²) < 4.78 is 0. The van der Waals surface area contributed by atoms with Gasteiger partial charge in [-0.25, -0.2) is 0 Å². The second-order valence-electron chi connectivity index (χ2n) is 3.66. The fourth-order valence-electron chi connectivity index (χ4n) is 1.51. The normalized spacial score (nSPS) is 11.7. The average molecular weight is 292 g/mol. The van der Waals surface area contributed by atoms with Gasteiger partial charge in [-0.15, -0.1) is 0 Å². The molecule has 3 heteroatoms. The van der Waals surface area contributed by atoms with Crippen LogP contribution in [0.25, 0.3) is 0 Å². The van der Waals surface area contributed by atoms with Crippen LogP contribution in [0.15, 0.2) is 24.3 Å². The number of hydrogen-bond donors (Lipinski definition) is 0. The van der Waals surface area contributed by atoms with E-state index in [1.807, 2.05) is 18.2 Å². The molecular weight excluding hydrogens is 276 g/mol. The summed E-state index contributed by atoms with van der Waals surface area (Å²) in [6, 6.07) is 8.07. The first-order chi connectivity index (χ1) is 6.59. The van der Waals surface area contributed by atoms with Crippen molar-refractivity contribution >= 4 is 33.9 Å². The third-order valence-electron chi connectivity index (χ3n) is 2.68. The minimum absolute atomic E-state index is 0.816. The standard InChI is InChI=1S/C11H16Cl2Ge/c1-3-14(13,4-2)9-10-6-5-7-11(12)8-10/h5-8H,3-4,9H2,1-2H3. The van der Waals surface area contributed by atoms with E-state index in [1.165, 1.54) is 16.1 Å². The average Bonchev–Trinajstić information content (AvgIpc) is 2.18. The van der Waals surface area contributed by atoms with Gasteiger partial charge in [0.1, 0.15) is 0 Å². The summed E-state index contributed by atoms with van der Waals surface area (Å²) in [4.78, 5) is 0. The predicted molar refractivity (Wildman–Crippen MR) is 67.7 cm³/mol. The number of halogens is 2. The Balaban J connectivity index is 2.77. The van der Waals surface area contributed by atoms with E-state index in [4.69, 9.17) is 21.6 Å². The van der Waals surface area contributed by atoms with Gasteiger partial charge in [0.15, 0.2) is 0 Å². The first-order valence-corrected chi connectivity index (χ1v) is 12.6. The molecule has 14 heavy (non-hydrogen) atoms. The van der Waals surface area contributed by atoms with E-state index in [-0.39, 0.29) is 0 Å². The first-order valence-electron chi connectivity index (χ1n) is 5.03. The zero-order chi connectivity index (χ0) is 10.6. The Kier molecular flexibility index (Phi) is 4.82. The van der Waals surface area contributed by atoms with Crippen LogP contribution in [0.1, 0.15) is 19.4 Å². The van der Waals surface area contributed by atoms with Crippen LogP contribution in [-0.2, 0) is 5.25 Å². The topological polar surface area (TPSA) is 0 Å². The number of rotatable bonds is 4. The van der Waals surface area contributed by atoms with E-state index in [9.17, 15) is 0 Å². The molecule has 0 amide bonds. The zero-order valence-corrected chi connectivity index (χ0v) is 12.3. The van der Waals surface area contributed by atoms with Gasteiger partial charge in [-0.1, -0.05) is 0 Å². The Morgan fingerprint density at radius 1 is 1.21 bits per heavy atom. The van der Waals surface area contributed by atoms with Crippen molar-refractivity contribution in [2.45, 2.75) is 29.6 Å². The Hall–Kier alpha value is 0.343.